The van der Waals surface area contributed by atoms with Crippen molar-refractivity contribution in [1.29, 1.82) is 0 Å². The molecule has 0 bridgehead atoms. The molecule has 0 aliphatic heterocycles. The van der Waals surface area contributed by atoms with Crippen molar-refractivity contribution >= 4 is 15.5 Å². The van der Waals surface area contributed by atoms with Gasteiger partial charge in [0.15, 0.2) is 0 Å². The molecular weight excluding hydrogens is 164 g/mol. The predicted octanol–water partition coefficient (Wildman–Crippen LogP) is 0.803. The van der Waals surface area contributed by atoms with Gasteiger partial charge in [0.2, 0.25) is 0 Å². The van der Waals surface area contributed by atoms with Gasteiger partial charge >= 0.3 is 9.84 Å². The Hall–Kier alpha value is -0.803. The minimum atomic E-state index is -0.261. The molecule has 0 aliphatic rings. The van der Waals surface area contributed by atoms with E-state index in [1.54, 1.807) is 0 Å². The Morgan fingerprint density at radius 2 is 1.67 bits per heavy atom. The van der Waals surface area contributed by atoms with E-state index in [0.29, 0.717) is 0 Å². The van der Waals surface area contributed by atoms with Gasteiger partial charge in [-0.25, -0.2) is 0 Å². The second-order valence-corrected chi connectivity index (χ2v) is 6.56. The van der Waals surface area contributed by atoms with Crippen LogP contribution in [0.25, 0.3) is 0 Å². The molecule has 0 unspecified atom stereocenters. The van der Waals surface area contributed by atoms with Crippen LogP contribution in [0.1, 0.15) is 0 Å². The molecule has 1 N–H and O–H groups in total. The van der Waals surface area contributed by atoms with Gasteiger partial charge in [-0.05, 0) is 12.1 Å². The molecule has 1 aromatic rings. The van der Waals surface area contributed by atoms with Crippen molar-refractivity contribution in [3.05, 3.63) is 30.3 Å². The zero-order valence-electron chi connectivity index (χ0n) is 8.04. The third-order valence-electron chi connectivity index (χ3n) is 1.53. The molecule has 66 valence electrons. The summed E-state index contributed by atoms with van der Waals surface area (Å²) < 4.78 is 1.06. The van der Waals surface area contributed by atoms with Crippen LogP contribution in [0.15, 0.2) is 30.3 Å². The SMILES string of the molecule is C[N+](C)(C)[SiH2]Nc1ccccc1. The van der Waals surface area contributed by atoms with Gasteiger partial charge in [0, 0.05) is 5.69 Å². The summed E-state index contributed by atoms with van der Waals surface area (Å²) in [5.41, 5.74) is 1.25. The highest BCUT2D eigenvalue weighted by molar-refractivity contribution is 6.31. The molecule has 0 atom stereocenters. The van der Waals surface area contributed by atoms with E-state index in [-0.39, 0.29) is 9.84 Å². The van der Waals surface area contributed by atoms with Crippen molar-refractivity contribution in [2.45, 2.75) is 0 Å². The molecule has 1 rings (SSSR count). The number of rotatable bonds is 3. The van der Waals surface area contributed by atoms with E-state index in [4.69, 9.17) is 0 Å². The maximum atomic E-state index is 3.50. The predicted molar refractivity (Wildman–Crippen MR) is 56.6 cm³/mol. The molecule has 0 aromatic heterocycles. The molecule has 12 heavy (non-hydrogen) atoms. The van der Waals surface area contributed by atoms with Gasteiger partial charge in [-0.2, -0.15) is 0 Å². The smallest absolute Gasteiger partial charge is 0.364 e. The summed E-state index contributed by atoms with van der Waals surface area (Å²) in [5, 5.41) is 0. The van der Waals surface area contributed by atoms with Crippen LogP contribution in [0.3, 0.4) is 0 Å². The van der Waals surface area contributed by atoms with E-state index >= 15 is 0 Å². The highest BCUT2D eigenvalue weighted by atomic mass is 28.2. The average Bonchev–Trinajstić information content (AvgIpc) is 2.02. The lowest BCUT2D eigenvalue weighted by molar-refractivity contribution is -0.755. The van der Waals surface area contributed by atoms with Gasteiger partial charge in [0.05, 0.1) is 21.1 Å². The fraction of sp³-hybridized carbons (Fsp3) is 0.333. The Morgan fingerprint density at radius 3 is 2.17 bits per heavy atom. The summed E-state index contributed by atoms with van der Waals surface area (Å²) >= 11 is 0. The van der Waals surface area contributed by atoms with Crippen LogP contribution >= 0.6 is 0 Å². The second kappa shape index (κ2) is 3.73. The standard InChI is InChI=1S/C9H17N2Si/c1-11(2,3)12-10-9-7-5-4-6-8-9/h4-8,10H,12H2,1-3H3/q+1. The van der Waals surface area contributed by atoms with Crippen LogP contribution in [0.4, 0.5) is 5.69 Å². The fourth-order valence-corrected chi connectivity index (χ4v) is 1.78. The molecule has 0 radical (unpaired) electrons. The maximum Gasteiger partial charge on any atom is 0.364 e. The molecule has 1 aromatic carbocycles. The summed E-state index contributed by atoms with van der Waals surface area (Å²) in [4.78, 5) is 3.50. The normalized spacial score (nSPS) is 12.2. The number of hydrogen-bond donors (Lipinski definition) is 1. The van der Waals surface area contributed by atoms with Crippen molar-refractivity contribution in [1.82, 2.24) is 0 Å². The molecule has 0 spiro atoms. The quantitative estimate of drug-likeness (QED) is 0.680. The van der Waals surface area contributed by atoms with E-state index in [0.717, 1.165) is 4.15 Å². The third-order valence-corrected chi connectivity index (χ3v) is 3.05. The number of benzene rings is 1. The van der Waals surface area contributed by atoms with Crippen molar-refractivity contribution in [3.8, 4) is 0 Å². The monoisotopic (exact) mass is 181 g/mol. The molecule has 0 fully saturated rings. The Balaban J connectivity index is 2.44. The minimum Gasteiger partial charge on any atom is -0.379 e. The lowest BCUT2D eigenvalue weighted by Crippen LogP contribution is -2.42. The minimum absolute atomic E-state index is 0.261. The molecule has 0 aliphatic carbocycles. The Bertz CT molecular complexity index is 228. The van der Waals surface area contributed by atoms with Crippen molar-refractivity contribution < 1.29 is 4.15 Å². The first kappa shape index (κ1) is 9.29. The van der Waals surface area contributed by atoms with Gasteiger partial charge in [-0.3, -0.25) is 0 Å². The van der Waals surface area contributed by atoms with Gasteiger partial charge in [-0.15, -0.1) is 0 Å². The van der Waals surface area contributed by atoms with Gasteiger partial charge in [0.25, 0.3) is 0 Å². The van der Waals surface area contributed by atoms with Crippen LogP contribution in [0, 0.1) is 0 Å². The second-order valence-electron chi connectivity index (χ2n) is 3.99. The molecule has 0 amide bonds. The highest BCUT2D eigenvalue weighted by Gasteiger charge is 2.06. The molecular formula is C9H17N2Si+. The summed E-state index contributed by atoms with van der Waals surface area (Å²) in [6.45, 7) is 0. The summed E-state index contributed by atoms with van der Waals surface area (Å²) in [5.74, 6) is 0. The topological polar surface area (TPSA) is 12.0 Å². The van der Waals surface area contributed by atoms with Crippen molar-refractivity contribution in [3.63, 3.8) is 0 Å². The molecule has 0 heterocycles. The summed E-state index contributed by atoms with van der Waals surface area (Å²) in [7, 11) is 6.41. The van der Waals surface area contributed by atoms with E-state index in [1.807, 2.05) is 6.07 Å². The molecule has 2 nitrogen and oxygen atoms in total. The van der Waals surface area contributed by atoms with E-state index in [1.165, 1.54) is 5.69 Å². The number of quaternary nitrogens is 1. The number of nitrogens with one attached hydrogen (secondary N) is 1. The number of anilines is 1. The zero-order chi connectivity index (χ0) is 9.03. The largest absolute Gasteiger partial charge is 0.379 e. The number of nitrogens with zero attached hydrogens (tertiary/aromatic N) is 1. The maximum absolute atomic E-state index is 3.50. The van der Waals surface area contributed by atoms with E-state index in [9.17, 15) is 0 Å². The summed E-state index contributed by atoms with van der Waals surface area (Å²) in [6.07, 6.45) is 0. The van der Waals surface area contributed by atoms with Crippen LogP contribution in [0.5, 0.6) is 0 Å². The lowest BCUT2D eigenvalue weighted by Gasteiger charge is -2.24. The van der Waals surface area contributed by atoms with Gasteiger partial charge in [0.1, 0.15) is 0 Å². The fourth-order valence-electron chi connectivity index (χ4n) is 0.884. The average molecular weight is 181 g/mol. The van der Waals surface area contributed by atoms with Crippen molar-refractivity contribution in [2.24, 2.45) is 0 Å². The lowest BCUT2D eigenvalue weighted by atomic mass is 10.3. The molecule has 0 saturated heterocycles. The first-order chi connectivity index (χ1) is 5.58. The van der Waals surface area contributed by atoms with Crippen LogP contribution in [-0.4, -0.2) is 35.1 Å². The van der Waals surface area contributed by atoms with E-state index < -0.39 is 0 Å². The number of hydrogen-bond acceptors (Lipinski definition) is 1. The Morgan fingerprint density at radius 1 is 1.08 bits per heavy atom. The highest BCUT2D eigenvalue weighted by Crippen LogP contribution is 2.04. The Kier molecular flexibility index (Phi) is 2.89. The van der Waals surface area contributed by atoms with Crippen molar-refractivity contribution in [2.75, 3.05) is 26.1 Å². The van der Waals surface area contributed by atoms with Crippen LogP contribution in [-0.2, 0) is 0 Å². The van der Waals surface area contributed by atoms with Crippen LogP contribution in [0.2, 0.25) is 0 Å². The zero-order valence-corrected chi connectivity index (χ0v) is 9.46. The van der Waals surface area contributed by atoms with Crippen LogP contribution < -0.4 is 4.98 Å². The number of para-hydroxylation sites is 1. The third kappa shape index (κ3) is 3.55. The van der Waals surface area contributed by atoms with Gasteiger partial charge in [-0.1, -0.05) is 18.2 Å². The molecule has 0 saturated carbocycles. The summed E-state index contributed by atoms with van der Waals surface area (Å²) in [6, 6.07) is 10.4. The van der Waals surface area contributed by atoms with E-state index in [2.05, 4.69) is 50.4 Å². The first-order valence-electron chi connectivity index (χ1n) is 4.17. The van der Waals surface area contributed by atoms with Gasteiger partial charge < -0.3 is 9.13 Å². The molecule has 3 heteroatoms. The first-order valence-corrected chi connectivity index (χ1v) is 5.51. The Labute approximate surface area is 76.8 Å².